The third-order valence-electron chi connectivity index (χ3n) is 5.45. The summed E-state index contributed by atoms with van der Waals surface area (Å²) in [5.74, 6) is -3.44. The van der Waals surface area contributed by atoms with Crippen LogP contribution in [0.3, 0.4) is 0 Å². The minimum Gasteiger partial charge on any atom is -0.477 e. The second kappa shape index (κ2) is 11.4. The minimum atomic E-state index is -1.36. The van der Waals surface area contributed by atoms with E-state index in [9.17, 15) is 23.5 Å². The number of amides is 2. The van der Waals surface area contributed by atoms with Crippen molar-refractivity contribution in [2.24, 2.45) is 5.92 Å². The number of aromatic carboxylic acids is 1. The molecule has 180 valence electrons. The number of carboxylic acid groups (broad SMARTS) is 1. The largest absolute Gasteiger partial charge is 0.477 e. The molecule has 1 unspecified atom stereocenters. The third kappa shape index (κ3) is 6.61. The summed E-state index contributed by atoms with van der Waals surface area (Å²) in [6.45, 7) is 6.53. The van der Waals surface area contributed by atoms with E-state index in [1.54, 1.807) is 0 Å². The molecule has 0 spiro atoms. The number of piperidine rings is 1. The number of hydrogen-bond acceptors (Lipinski definition) is 6. The molecule has 0 aliphatic carbocycles. The highest BCUT2D eigenvalue weighted by Crippen LogP contribution is 2.31. The second-order valence-electron chi connectivity index (χ2n) is 8.26. The van der Waals surface area contributed by atoms with Crippen LogP contribution in [0.5, 0.6) is 5.88 Å². The van der Waals surface area contributed by atoms with Crippen LogP contribution in [0.4, 0.5) is 18.6 Å². The Morgan fingerprint density at radius 1 is 1.24 bits per heavy atom. The van der Waals surface area contributed by atoms with Crippen LogP contribution in [0.2, 0.25) is 0 Å². The molecule has 3 rings (SSSR count). The lowest BCUT2D eigenvalue weighted by molar-refractivity contribution is 0.0693. The first-order chi connectivity index (χ1) is 15.8. The number of likely N-dealkylation sites (tertiary alicyclic amines) is 1. The van der Waals surface area contributed by atoms with Gasteiger partial charge in [-0.25, -0.2) is 18.4 Å². The van der Waals surface area contributed by atoms with Crippen LogP contribution < -0.4 is 15.4 Å². The normalized spacial score (nSPS) is 15.2. The van der Waals surface area contributed by atoms with Crippen molar-refractivity contribution in [3.05, 3.63) is 40.5 Å². The van der Waals surface area contributed by atoms with E-state index in [-0.39, 0.29) is 33.5 Å². The standard InChI is InChI=1S/C22H28F2N4O4S/c1-13(11-28-8-4-3-5-9-28)10-25-22(31)26-20-16(21(29)30)19(27-33-20)32-12-15-7-6-14(2)17(23)18(15)24/h6-7,13H,3-5,8-12H2,1-2H3,(H,29,30)(H2,25,26,31). The summed E-state index contributed by atoms with van der Waals surface area (Å²) in [5, 5.41) is 14.8. The van der Waals surface area contributed by atoms with Crippen molar-refractivity contribution in [1.29, 1.82) is 0 Å². The first-order valence-corrected chi connectivity index (χ1v) is 11.6. The SMILES string of the molecule is Cc1ccc(COc2nsc(NC(=O)NCC(C)CN3CCCCC3)c2C(=O)O)c(F)c1F. The van der Waals surface area contributed by atoms with Crippen LogP contribution in [0.1, 0.15) is 47.7 Å². The zero-order chi connectivity index (χ0) is 24.0. The van der Waals surface area contributed by atoms with Crippen LogP contribution in [0, 0.1) is 24.5 Å². The summed E-state index contributed by atoms with van der Waals surface area (Å²) in [7, 11) is 0. The summed E-state index contributed by atoms with van der Waals surface area (Å²) in [4.78, 5) is 26.4. The fraction of sp³-hybridized carbons (Fsp3) is 0.500. The van der Waals surface area contributed by atoms with Crippen LogP contribution >= 0.6 is 11.5 Å². The number of urea groups is 1. The van der Waals surface area contributed by atoms with Gasteiger partial charge in [-0.1, -0.05) is 25.5 Å². The van der Waals surface area contributed by atoms with Crippen molar-refractivity contribution in [3.63, 3.8) is 0 Å². The first kappa shape index (κ1) is 24.8. The van der Waals surface area contributed by atoms with E-state index in [1.807, 2.05) is 6.92 Å². The smallest absolute Gasteiger partial charge is 0.344 e. The number of halogens is 2. The molecule has 0 bridgehead atoms. The molecule has 11 heteroatoms. The number of carbonyl (C=O) groups is 2. The predicted octanol–water partition coefficient (Wildman–Crippen LogP) is 4.25. The summed E-state index contributed by atoms with van der Waals surface area (Å²) in [6, 6.07) is 2.21. The molecule has 3 N–H and O–H groups in total. The lowest BCUT2D eigenvalue weighted by Crippen LogP contribution is -2.39. The molecule has 0 saturated carbocycles. The van der Waals surface area contributed by atoms with Gasteiger partial charge in [-0.2, -0.15) is 4.37 Å². The first-order valence-electron chi connectivity index (χ1n) is 10.8. The second-order valence-corrected chi connectivity index (χ2v) is 9.03. The monoisotopic (exact) mass is 482 g/mol. The number of benzene rings is 1. The quantitative estimate of drug-likeness (QED) is 0.494. The number of nitrogens with zero attached hydrogens (tertiary/aromatic N) is 2. The summed E-state index contributed by atoms with van der Waals surface area (Å²) < 4.78 is 37.0. The van der Waals surface area contributed by atoms with Gasteiger partial charge in [0.15, 0.2) is 17.2 Å². The fourth-order valence-electron chi connectivity index (χ4n) is 3.65. The van der Waals surface area contributed by atoms with E-state index in [0.29, 0.717) is 6.54 Å². The van der Waals surface area contributed by atoms with Gasteiger partial charge in [-0.3, -0.25) is 5.32 Å². The molecule has 1 aliphatic rings. The van der Waals surface area contributed by atoms with Crippen molar-refractivity contribution >= 4 is 28.5 Å². The van der Waals surface area contributed by atoms with E-state index >= 15 is 0 Å². The van der Waals surface area contributed by atoms with Gasteiger partial charge >= 0.3 is 12.0 Å². The van der Waals surface area contributed by atoms with Crippen LogP contribution in [-0.4, -0.2) is 52.6 Å². The van der Waals surface area contributed by atoms with E-state index in [4.69, 9.17) is 4.74 Å². The number of nitrogens with one attached hydrogen (secondary N) is 2. The van der Waals surface area contributed by atoms with E-state index in [1.165, 1.54) is 38.3 Å². The Hall–Kier alpha value is -2.79. The Kier molecular flexibility index (Phi) is 8.56. The van der Waals surface area contributed by atoms with Gasteiger partial charge in [-0.15, -0.1) is 0 Å². The molecule has 1 atom stereocenters. The average molecular weight is 483 g/mol. The highest BCUT2D eigenvalue weighted by molar-refractivity contribution is 7.11. The predicted molar refractivity (Wildman–Crippen MR) is 121 cm³/mol. The third-order valence-corrected chi connectivity index (χ3v) is 6.20. The van der Waals surface area contributed by atoms with E-state index < -0.39 is 30.2 Å². The number of carbonyl (C=O) groups excluding carboxylic acids is 1. The minimum absolute atomic E-state index is 0.00533. The van der Waals surface area contributed by atoms with Crippen molar-refractivity contribution < 1.29 is 28.2 Å². The van der Waals surface area contributed by atoms with Crippen LogP contribution in [0.25, 0.3) is 0 Å². The Balaban J connectivity index is 1.57. The van der Waals surface area contributed by atoms with Gasteiger partial charge in [0.2, 0.25) is 5.88 Å². The molecule has 1 fully saturated rings. The Bertz CT molecular complexity index is 995. The van der Waals surface area contributed by atoms with Crippen molar-refractivity contribution in [3.8, 4) is 5.88 Å². The number of carboxylic acids is 1. The molecule has 1 saturated heterocycles. The lowest BCUT2D eigenvalue weighted by atomic mass is 10.1. The Labute approximate surface area is 195 Å². The molecule has 1 aromatic heterocycles. The van der Waals surface area contributed by atoms with Crippen LogP contribution in [0.15, 0.2) is 12.1 Å². The summed E-state index contributed by atoms with van der Waals surface area (Å²) in [6.07, 6.45) is 3.65. The molecule has 1 aliphatic heterocycles. The Morgan fingerprint density at radius 3 is 2.67 bits per heavy atom. The van der Waals surface area contributed by atoms with Gasteiger partial charge in [-0.05, 0) is 55.9 Å². The molecule has 1 aromatic carbocycles. The average Bonchev–Trinajstić information content (AvgIpc) is 3.19. The highest BCUT2D eigenvalue weighted by atomic mass is 32.1. The highest BCUT2D eigenvalue weighted by Gasteiger charge is 2.24. The van der Waals surface area contributed by atoms with Gasteiger partial charge < -0.3 is 20.1 Å². The molecule has 2 aromatic rings. The molecule has 2 amide bonds. The maximum Gasteiger partial charge on any atom is 0.344 e. The molecule has 2 heterocycles. The summed E-state index contributed by atoms with van der Waals surface area (Å²) >= 11 is 0.737. The number of hydrogen-bond donors (Lipinski definition) is 3. The maximum atomic E-state index is 14.0. The molecule has 8 nitrogen and oxygen atoms in total. The number of aryl methyl sites for hydroxylation is 1. The van der Waals surface area contributed by atoms with Crippen molar-refractivity contribution in [2.75, 3.05) is 31.5 Å². The van der Waals surface area contributed by atoms with Gasteiger partial charge in [0.05, 0.1) is 0 Å². The van der Waals surface area contributed by atoms with Crippen LogP contribution in [-0.2, 0) is 6.61 Å². The zero-order valence-electron chi connectivity index (χ0n) is 18.6. The number of ether oxygens (including phenoxy) is 1. The number of anilines is 1. The van der Waals surface area contributed by atoms with Crippen molar-refractivity contribution in [1.82, 2.24) is 14.6 Å². The molecule has 33 heavy (non-hydrogen) atoms. The number of rotatable bonds is 9. The van der Waals surface area contributed by atoms with E-state index in [0.717, 1.165) is 31.2 Å². The lowest BCUT2D eigenvalue weighted by Gasteiger charge is -2.29. The Morgan fingerprint density at radius 2 is 1.97 bits per heavy atom. The zero-order valence-corrected chi connectivity index (χ0v) is 19.4. The number of aromatic nitrogens is 1. The van der Waals surface area contributed by atoms with E-state index in [2.05, 4.69) is 19.9 Å². The van der Waals surface area contributed by atoms with Gasteiger partial charge in [0.1, 0.15) is 11.6 Å². The van der Waals surface area contributed by atoms with Gasteiger partial charge in [0.25, 0.3) is 0 Å². The van der Waals surface area contributed by atoms with Crippen molar-refractivity contribution in [2.45, 2.75) is 39.7 Å². The topological polar surface area (TPSA) is 104 Å². The molecular weight excluding hydrogens is 454 g/mol. The summed E-state index contributed by atoms with van der Waals surface area (Å²) in [5.41, 5.74) is -0.263. The van der Waals surface area contributed by atoms with Gasteiger partial charge in [0, 0.05) is 18.7 Å². The fourth-order valence-corrected chi connectivity index (χ4v) is 4.38. The molecular formula is C22H28F2N4O4S. The molecule has 0 radical (unpaired) electrons. The maximum absolute atomic E-state index is 14.0.